The van der Waals surface area contributed by atoms with E-state index in [1.165, 1.54) is 4.31 Å². The summed E-state index contributed by atoms with van der Waals surface area (Å²) in [4.78, 5) is 16.1. The molecule has 4 heterocycles. The van der Waals surface area contributed by atoms with E-state index in [1.54, 1.807) is 19.3 Å². The second-order valence-electron chi connectivity index (χ2n) is 8.56. The van der Waals surface area contributed by atoms with Crippen LogP contribution in [0.2, 0.25) is 0 Å². The van der Waals surface area contributed by atoms with Crippen LogP contribution in [0.25, 0.3) is 22.3 Å². The van der Waals surface area contributed by atoms with Crippen LogP contribution < -0.4 is 10.2 Å². The summed E-state index contributed by atoms with van der Waals surface area (Å²) in [5, 5.41) is 3.34. The molecule has 2 aliphatic heterocycles. The van der Waals surface area contributed by atoms with Crippen molar-refractivity contribution >= 4 is 32.6 Å². The lowest BCUT2D eigenvalue weighted by Gasteiger charge is -2.32. The SMILES string of the molecule is CCS(=O)(=O)N1CCO[C@H](CNc2nc(-c3ccc(N4CCOCC4)cc3)cc3nccnc23)C1. The van der Waals surface area contributed by atoms with Gasteiger partial charge < -0.3 is 19.7 Å². The van der Waals surface area contributed by atoms with Crippen molar-refractivity contribution in [3.63, 3.8) is 0 Å². The molecule has 10 nitrogen and oxygen atoms in total. The van der Waals surface area contributed by atoms with E-state index >= 15 is 0 Å². The van der Waals surface area contributed by atoms with Crippen molar-refractivity contribution in [1.82, 2.24) is 19.3 Å². The van der Waals surface area contributed by atoms with Gasteiger partial charge in [-0.2, -0.15) is 4.31 Å². The molecule has 2 aliphatic rings. The first-order valence-electron chi connectivity index (χ1n) is 11.9. The number of anilines is 2. The number of hydrogen-bond acceptors (Lipinski definition) is 9. The third-order valence-electron chi connectivity index (χ3n) is 6.35. The van der Waals surface area contributed by atoms with Crippen LogP contribution in [0.15, 0.2) is 42.7 Å². The summed E-state index contributed by atoms with van der Waals surface area (Å²) in [5.74, 6) is 0.684. The molecular weight excluding hydrogens is 468 g/mol. The van der Waals surface area contributed by atoms with Gasteiger partial charge in [-0.15, -0.1) is 0 Å². The molecule has 5 rings (SSSR count). The van der Waals surface area contributed by atoms with E-state index in [4.69, 9.17) is 14.5 Å². The molecule has 35 heavy (non-hydrogen) atoms. The minimum absolute atomic E-state index is 0.0846. The molecule has 2 aromatic heterocycles. The maximum atomic E-state index is 12.3. The van der Waals surface area contributed by atoms with Crippen molar-refractivity contribution < 1.29 is 17.9 Å². The minimum atomic E-state index is -3.25. The largest absolute Gasteiger partial charge is 0.378 e. The highest BCUT2D eigenvalue weighted by molar-refractivity contribution is 7.89. The average molecular weight is 499 g/mol. The molecule has 0 unspecified atom stereocenters. The van der Waals surface area contributed by atoms with Gasteiger partial charge in [0.15, 0.2) is 5.82 Å². The van der Waals surface area contributed by atoms with E-state index in [9.17, 15) is 8.42 Å². The Morgan fingerprint density at radius 3 is 2.60 bits per heavy atom. The van der Waals surface area contributed by atoms with E-state index in [0.29, 0.717) is 37.6 Å². The average Bonchev–Trinajstić information content (AvgIpc) is 2.92. The van der Waals surface area contributed by atoms with E-state index in [1.807, 2.05) is 6.07 Å². The Kier molecular flexibility index (Phi) is 7.09. The van der Waals surface area contributed by atoms with Gasteiger partial charge in [-0.3, -0.25) is 4.98 Å². The van der Waals surface area contributed by atoms with Crippen LogP contribution in [0.3, 0.4) is 0 Å². The molecule has 0 bridgehead atoms. The van der Waals surface area contributed by atoms with Gasteiger partial charge in [0.25, 0.3) is 0 Å². The Labute approximate surface area is 205 Å². The molecule has 0 radical (unpaired) electrons. The highest BCUT2D eigenvalue weighted by Gasteiger charge is 2.28. The fourth-order valence-electron chi connectivity index (χ4n) is 4.37. The molecule has 0 amide bonds. The topological polar surface area (TPSA) is 110 Å². The number of nitrogens with one attached hydrogen (secondary N) is 1. The van der Waals surface area contributed by atoms with Crippen molar-refractivity contribution in [1.29, 1.82) is 0 Å². The maximum absolute atomic E-state index is 12.3. The summed E-state index contributed by atoms with van der Waals surface area (Å²) in [5.41, 5.74) is 4.32. The number of hydrogen-bond donors (Lipinski definition) is 1. The number of nitrogens with zero attached hydrogens (tertiary/aromatic N) is 5. The van der Waals surface area contributed by atoms with Crippen molar-refractivity contribution in [2.45, 2.75) is 13.0 Å². The number of morpholine rings is 2. The Balaban J connectivity index is 1.36. The Hall–Kier alpha value is -2.86. The van der Waals surface area contributed by atoms with E-state index in [0.717, 1.165) is 48.8 Å². The van der Waals surface area contributed by atoms with Gasteiger partial charge in [0.1, 0.15) is 5.52 Å². The van der Waals surface area contributed by atoms with Crippen molar-refractivity contribution in [2.75, 3.05) is 68.5 Å². The van der Waals surface area contributed by atoms with Crippen LogP contribution >= 0.6 is 0 Å². The molecule has 11 heteroatoms. The normalized spacial score (nSPS) is 19.7. The number of sulfonamides is 1. The summed E-state index contributed by atoms with van der Waals surface area (Å²) in [6.45, 7) is 6.40. The van der Waals surface area contributed by atoms with E-state index in [2.05, 4.69) is 44.5 Å². The number of fused-ring (bicyclic) bond motifs is 1. The van der Waals surface area contributed by atoms with Crippen LogP contribution in [0.1, 0.15) is 6.92 Å². The standard InChI is InChI=1S/C24H30N6O4S/c1-2-35(31,32)30-11-14-34-20(17-30)16-27-24-23-22(25-7-8-26-23)15-21(28-24)18-3-5-19(6-4-18)29-9-12-33-13-10-29/h3-8,15,20H,2,9-14,16-17H2,1H3,(H,27,28)/t20-/m1/s1. The van der Waals surface area contributed by atoms with Crippen LogP contribution in [0, 0.1) is 0 Å². The molecule has 1 N–H and O–H groups in total. The van der Waals surface area contributed by atoms with Gasteiger partial charge in [0.05, 0.1) is 42.9 Å². The van der Waals surface area contributed by atoms with Crippen LogP contribution in [-0.4, -0.2) is 92.1 Å². The lowest BCUT2D eigenvalue weighted by atomic mass is 10.1. The lowest BCUT2D eigenvalue weighted by molar-refractivity contribution is 0.00686. The van der Waals surface area contributed by atoms with Crippen LogP contribution in [0.4, 0.5) is 11.5 Å². The van der Waals surface area contributed by atoms with Crippen molar-refractivity contribution in [3.05, 3.63) is 42.7 Å². The van der Waals surface area contributed by atoms with Crippen LogP contribution in [-0.2, 0) is 19.5 Å². The molecule has 186 valence electrons. The Morgan fingerprint density at radius 1 is 1.06 bits per heavy atom. The highest BCUT2D eigenvalue weighted by atomic mass is 32.2. The minimum Gasteiger partial charge on any atom is -0.378 e. The fourth-order valence-corrected chi connectivity index (χ4v) is 5.48. The van der Waals surface area contributed by atoms with Gasteiger partial charge in [0.2, 0.25) is 10.0 Å². The zero-order valence-electron chi connectivity index (χ0n) is 19.8. The zero-order chi connectivity index (χ0) is 24.3. The van der Waals surface area contributed by atoms with Gasteiger partial charge in [-0.25, -0.2) is 18.4 Å². The van der Waals surface area contributed by atoms with E-state index in [-0.39, 0.29) is 11.9 Å². The smallest absolute Gasteiger partial charge is 0.213 e. The number of rotatable bonds is 7. The van der Waals surface area contributed by atoms with Gasteiger partial charge in [0, 0.05) is 56.4 Å². The second-order valence-corrected chi connectivity index (χ2v) is 10.8. The van der Waals surface area contributed by atoms with Gasteiger partial charge >= 0.3 is 0 Å². The first kappa shape index (κ1) is 23.9. The number of ether oxygens (including phenoxy) is 2. The van der Waals surface area contributed by atoms with Gasteiger partial charge in [-0.05, 0) is 25.1 Å². The first-order chi connectivity index (χ1) is 17.0. The van der Waals surface area contributed by atoms with E-state index < -0.39 is 10.0 Å². The summed E-state index contributed by atoms with van der Waals surface area (Å²) in [7, 11) is -3.25. The number of aromatic nitrogens is 3. The van der Waals surface area contributed by atoms with Crippen molar-refractivity contribution in [2.24, 2.45) is 0 Å². The quantitative estimate of drug-likeness (QED) is 0.523. The predicted molar refractivity (Wildman–Crippen MR) is 135 cm³/mol. The zero-order valence-corrected chi connectivity index (χ0v) is 20.6. The first-order valence-corrected chi connectivity index (χ1v) is 13.5. The summed E-state index contributed by atoms with van der Waals surface area (Å²) < 4.78 is 37.3. The fraction of sp³-hybridized carbons (Fsp3) is 0.458. The molecule has 3 aromatic rings. The second kappa shape index (κ2) is 10.4. The Bertz CT molecular complexity index is 1260. The number of pyridine rings is 1. The molecule has 0 spiro atoms. The monoisotopic (exact) mass is 498 g/mol. The molecule has 2 fully saturated rings. The Morgan fingerprint density at radius 2 is 1.83 bits per heavy atom. The molecule has 1 atom stereocenters. The highest BCUT2D eigenvalue weighted by Crippen LogP contribution is 2.27. The predicted octanol–water partition coefficient (Wildman–Crippen LogP) is 1.99. The molecule has 2 saturated heterocycles. The number of benzene rings is 1. The van der Waals surface area contributed by atoms with Gasteiger partial charge in [-0.1, -0.05) is 12.1 Å². The lowest BCUT2D eigenvalue weighted by Crippen LogP contribution is -2.48. The van der Waals surface area contributed by atoms with Crippen molar-refractivity contribution in [3.8, 4) is 11.3 Å². The third-order valence-corrected chi connectivity index (χ3v) is 8.20. The maximum Gasteiger partial charge on any atom is 0.213 e. The summed E-state index contributed by atoms with van der Waals surface area (Å²) in [6.07, 6.45) is 3.02. The molecular formula is C24H30N6O4S. The summed E-state index contributed by atoms with van der Waals surface area (Å²) >= 11 is 0. The van der Waals surface area contributed by atoms with Crippen LogP contribution in [0.5, 0.6) is 0 Å². The molecule has 0 aliphatic carbocycles. The summed E-state index contributed by atoms with van der Waals surface area (Å²) in [6, 6.07) is 10.3. The molecule has 0 saturated carbocycles. The third kappa shape index (κ3) is 5.37. The molecule has 1 aromatic carbocycles.